The number of nitrogens with one attached hydrogen (secondary N) is 1. The molecule has 1 heterocycles. The van der Waals surface area contributed by atoms with Gasteiger partial charge in [0.25, 0.3) is 0 Å². The van der Waals surface area contributed by atoms with Crippen LogP contribution in [0.25, 0.3) is 0 Å². The number of halogens is 3. The van der Waals surface area contributed by atoms with Gasteiger partial charge in [-0.05, 0) is 17.7 Å². The summed E-state index contributed by atoms with van der Waals surface area (Å²) in [6.45, 7) is 4.09. The largest absolute Gasteiger partial charge is 0.435 e. The van der Waals surface area contributed by atoms with E-state index in [1.54, 1.807) is 19.2 Å². The van der Waals surface area contributed by atoms with Crippen LogP contribution in [0.4, 0.5) is 8.78 Å². The Balaban J connectivity index is 0.00000392. The molecule has 0 aliphatic rings. The van der Waals surface area contributed by atoms with Crippen molar-refractivity contribution in [2.45, 2.75) is 45.9 Å². The zero-order chi connectivity index (χ0) is 20.0. The summed E-state index contributed by atoms with van der Waals surface area (Å²) in [4.78, 5) is 10.5. The monoisotopic (exact) mass is 509 g/mol. The average Bonchev–Trinajstić information content (AvgIpc) is 3.06. The number of hydrogen-bond acceptors (Lipinski definition) is 5. The van der Waals surface area contributed by atoms with Gasteiger partial charge in [0.15, 0.2) is 11.8 Å². The zero-order valence-electron chi connectivity index (χ0n) is 16.6. The molecule has 0 aliphatic carbocycles. The first-order valence-corrected chi connectivity index (χ1v) is 8.47. The average molecular weight is 509 g/mol. The second-order valence-corrected chi connectivity index (χ2v) is 7.05. The van der Waals surface area contributed by atoms with E-state index < -0.39 is 6.61 Å². The van der Waals surface area contributed by atoms with Crippen molar-refractivity contribution in [2.75, 3.05) is 14.1 Å². The molecule has 0 radical (unpaired) electrons. The smallest absolute Gasteiger partial charge is 0.387 e. The Morgan fingerprint density at radius 3 is 2.43 bits per heavy atom. The highest BCUT2D eigenvalue weighted by Crippen LogP contribution is 2.19. The fraction of sp³-hybridized carbons (Fsp3) is 0.500. The van der Waals surface area contributed by atoms with Crippen molar-refractivity contribution in [1.29, 1.82) is 0 Å². The molecule has 0 atom stereocenters. The number of ether oxygens (including phenoxy) is 1. The van der Waals surface area contributed by atoms with Crippen molar-refractivity contribution >= 4 is 29.9 Å². The van der Waals surface area contributed by atoms with E-state index in [-0.39, 0.29) is 35.1 Å². The highest BCUT2D eigenvalue weighted by Gasteiger charge is 2.21. The molecule has 2 rings (SSSR count). The molecule has 0 bridgehead atoms. The summed E-state index contributed by atoms with van der Waals surface area (Å²) in [5.41, 5.74) is 0.723. The predicted octanol–water partition coefficient (Wildman–Crippen LogP) is 3.79. The summed E-state index contributed by atoms with van der Waals surface area (Å²) < 4.78 is 34.0. The Kier molecular flexibility index (Phi) is 9.05. The van der Waals surface area contributed by atoms with Gasteiger partial charge in [0.2, 0.25) is 5.89 Å². The molecule has 1 N–H and O–H groups in total. The molecule has 1 aromatic heterocycles. The van der Waals surface area contributed by atoms with E-state index in [0.717, 1.165) is 5.56 Å². The van der Waals surface area contributed by atoms with E-state index in [9.17, 15) is 8.78 Å². The molecule has 0 aliphatic heterocycles. The molecule has 2 aromatic rings. The molecule has 156 valence electrons. The highest BCUT2D eigenvalue weighted by atomic mass is 127. The second kappa shape index (κ2) is 10.5. The van der Waals surface area contributed by atoms with Gasteiger partial charge in [-0.15, -0.1) is 24.0 Å². The third-order valence-electron chi connectivity index (χ3n) is 3.66. The Labute approximate surface area is 180 Å². The SMILES string of the molecule is CN=C(NCc1noc(C(C)(C)C)n1)N(C)Cc1ccc(OC(F)F)cc1.I. The van der Waals surface area contributed by atoms with Crippen molar-refractivity contribution in [3.05, 3.63) is 41.5 Å². The topological polar surface area (TPSA) is 75.8 Å². The summed E-state index contributed by atoms with van der Waals surface area (Å²) in [5.74, 6) is 1.90. The molecular formula is C18H26F2IN5O2. The van der Waals surface area contributed by atoms with Gasteiger partial charge in [-0.2, -0.15) is 13.8 Å². The quantitative estimate of drug-likeness (QED) is 0.363. The molecule has 28 heavy (non-hydrogen) atoms. The fourth-order valence-electron chi connectivity index (χ4n) is 2.30. The maximum atomic E-state index is 12.2. The summed E-state index contributed by atoms with van der Waals surface area (Å²) in [5, 5.41) is 7.14. The van der Waals surface area contributed by atoms with Gasteiger partial charge in [0, 0.05) is 26.1 Å². The normalized spacial score (nSPS) is 11.9. The molecule has 0 amide bonds. The Morgan fingerprint density at radius 1 is 1.29 bits per heavy atom. The number of guanidine groups is 1. The van der Waals surface area contributed by atoms with Crippen molar-refractivity contribution < 1.29 is 18.0 Å². The van der Waals surface area contributed by atoms with Crippen LogP contribution >= 0.6 is 24.0 Å². The lowest BCUT2D eigenvalue weighted by molar-refractivity contribution is -0.0498. The predicted molar refractivity (Wildman–Crippen MR) is 113 cm³/mol. The maximum Gasteiger partial charge on any atom is 0.387 e. The fourth-order valence-corrected chi connectivity index (χ4v) is 2.30. The van der Waals surface area contributed by atoms with Gasteiger partial charge in [0.1, 0.15) is 5.75 Å². The zero-order valence-corrected chi connectivity index (χ0v) is 18.9. The summed E-state index contributed by atoms with van der Waals surface area (Å²) >= 11 is 0. The minimum atomic E-state index is -2.83. The number of hydrogen-bond donors (Lipinski definition) is 1. The van der Waals surface area contributed by atoms with Crippen LogP contribution in [0.15, 0.2) is 33.8 Å². The lowest BCUT2D eigenvalue weighted by atomic mass is 9.97. The first kappa shape index (κ1) is 24.1. The second-order valence-electron chi connectivity index (χ2n) is 7.05. The van der Waals surface area contributed by atoms with E-state index in [1.165, 1.54) is 12.1 Å². The standard InChI is InChI=1S/C18H25F2N5O2.HI/c1-18(2,3)15-23-14(24-27-15)10-22-17(21-4)25(5)11-12-6-8-13(9-7-12)26-16(19)20;/h6-9,16H,10-11H2,1-5H3,(H,21,22);1H. The summed E-state index contributed by atoms with van der Waals surface area (Å²) in [6, 6.07) is 6.49. The van der Waals surface area contributed by atoms with Gasteiger partial charge in [0.05, 0.1) is 6.54 Å². The van der Waals surface area contributed by atoms with E-state index in [1.807, 2.05) is 32.7 Å². The van der Waals surface area contributed by atoms with Crippen molar-refractivity contribution in [2.24, 2.45) is 4.99 Å². The molecule has 1 aromatic carbocycles. The molecule has 7 nitrogen and oxygen atoms in total. The molecule has 0 spiro atoms. The van der Waals surface area contributed by atoms with Crippen LogP contribution in [0.2, 0.25) is 0 Å². The lowest BCUT2D eigenvalue weighted by Gasteiger charge is -2.21. The lowest BCUT2D eigenvalue weighted by Crippen LogP contribution is -2.38. The number of aliphatic imine (C=N–C) groups is 1. The van der Waals surface area contributed by atoms with Crippen LogP contribution in [-0.4, -0.2) is 41.7 Å². The van der Waals surface area contributed by atoms with Crippen LogP contribution in [0.3, 0.4) is 0 Å². The molecule has 0 unspecified atom stereocenters. The Morgan fingerprint density at radius 2 is 1.93 bits per heavy atom. The maximum absolute atomic E-state index is 12.2. The molecule has 10 heteroatoms. The van der Waals surface area contributed by atoms with Gasteiger partial charge < -0.3 is 19.5 Å². The van der Waals surface area contributed by atoms with Crippen LogP contribution in [0.5, 0.6) is 5.75 Å². The molecule has 0 saturated carbocycles. The summed E-state index contributed by atoms with van der Waals surface area (Å²) in [6.07, 6.45) is 0. The number of alkyl halides is 2. The van der Waals surface area contributed by atoms with Crippen molar-refractivity contribution in [3.8, 4) is 5.75 Å². The van der Waals surface area contributed by atoms with Gasteiger partial charge in [-0.3, -0.25) is 4.99 Å². The molecular weight excluding hydrogens is 483 g/mol. The van der Waals surface area contributed by atoms with Gasteiger partial charge >= 0.3 is 6.61 Å². The third kappa shape index (κ3) is 7.21. The van der Waals surface area contributed by atoms with Crippen LogP contribution in [-0.2, 0) is 18.5 Å². The molecule has 0 saturated heterocycles. The summed E-state index contributed by atoms with van der Waals surface area (Å²) in [7, 11) is 3.55. The Bertz CT molecular complexity index is 760. The van der Waals surface area contributed by atoms with Crippen LogP contribution in [0.1, 0.15) is 38.0 Å². The van der Waals surface area contributed by atoms with E-state index in [4.69, 9.17) is 4.52 Å². The minimum absolute atomic E-state index is 0. The van der Waals surface area contributed by atoms with Crippen molar-refractivity contribution in [3.63, 3.8) is 0 Å². The Hall–Kier alpha value is -1.98. The number of aromatic nitrogens is 2. The highest BCUT2D eigenvalue weighted by molar-refractivity contribution is 14.0. The number of nitrogens with zero attached hydrogens (tertiary/aromatic N) is 4. The molecule has 0 fully saturated rings. The van der Waals surface area contributed by atoms with Crippen LogP contribution < -0.4 is 10.1 Å². The van der Waals surface area contributed by atoms with Crippen LogP contribution in [0, 0.1) is 0 Å². The van der Waals surface area contributed by atoms with E-state index in [2.05, 4.69) is 25.2 Å². The van der Waals surface area contributed by atoms with Crippen molar-refractivity contribution in [1.82, 2.24) is 20.4 Å². The number of rotatable bonds is 6. The van der Waals surface area contributed by atoms with Gasteiger partial charge in [-0.1, -0.05) is 38.1 Å². The van der Waals surface area contributed by atoms with Gasteiger partial charge in [-0.25, -0.2) is 0 Å². The third-order valence-corrected chi connectivity index (χ3v) is 3.66. The minimum Gasteiger partial charge on any atom is -0.435 e. The number of benzene rings is 1. The first-order chi connectivity index (χ1) is 12.7. The van der Waals surface area contributed by atoms with E-state index >= 15 is 0 Å². The first-order valence-electron chi connectivity index (χ1n) is 8.47. The van der Waals surface area contributed by atoms with E-state index in [0.29, 0.717) is 30.8 Å².